The van der Waals surface area contributed by atoms with Crippen LogP contribution in [0.2, 0.25) is 0 Å². The van der Waals surface area contributed by atoms with Crippen LogP contribution in [0.25, 0.3) is 10.9 Å². The highest BCUT2D eigenvalue weighted by Crippen LogP contribution is 2.23. The highest BCUT2D eigenvalue weighted by Gasteiger charge is 2.07. The molecule has 3 N–H and O–H groups in total. The quantitative estimate of drug-likeness (QED) is 0.571. The summed E-state index contributed by atoms with van der Waals surface area (Å²) in [6.45, 7) is 1.23. The van der Waals surface area contributed by atoms with Gasteiger partial charge in [-0.15, -0.1) is 0 Å². The van der Waals surface area contributed by atoms with Gasteiger partial charge in [0, 0.05) is 25.5 Å². The molecule has 114 valence electrons. The third kappa shape index (κ3) is 3.74. The van der Waals surface area contributed by atoms with Crippen LogP contribution in [0.15, 0.2) is 24.3 Å². The zero-order valence-electron chi connectivity index (χ0n) is 12.4. The average molecular weight is 315 g/mol. The highest BCUT2D eigenvalue weighted by molar-refractivity contribution is 7.80. The molecule has 0 fully saturated rings. The fourth-order valence-electron chi connectivity index (χ4n) is 1.95. The smallest absolute Gasteiger partial charge is 0.166 e. The van der Waals surface area contributed by atoms with Crippen molar-refractivity contribution < 1.29 is 4.74 Å². The van der Waals surface area contributed by atoms with E-state index in [1.54, 1.807) is 20.2 Å². The van der Waals surface area contributed by atoms with Gasteiger partial charge in [-0.2, -0.15) is 5.26 Å². The second-order valence-electron chi connectivity index (χ2n) is 4.49. The Bertz CT molecular complexity index is 726. The van der Waals surface area contributed by atoms with Crippen molar-refractivity contribution in [1.82, 2.24) is 15.6 Å². The maximum absolute atomic E-state index is 9.28. The van der Waals surface area contributed by atoms with Crippen LogP contribution in [0.4, 0.5) is 5.82 Å². The van der Waals surface area contributed by atoms with Crippen LogP contribution in [0.5, 0.6) is 5.75 Å². The summed E-state index contributed by atoms with van der Waals surface area (Å²) in [7, 11) is 3.37. The number of hydrogen-bond donors (Lipinski definition) is 3. The molecule has 0 unspecified atom stereocenters. The molecule has 2 rings (SSSR count). The Labute approximate surface area is 134 Å². The normalized spacial score (nSPS) is 9.86. The largest absolute Gasteiger partial charge is 0.497 e. The lowest BCUT2D eigenvalue weighted by molar-refractivity contribution is 0.415. The number of thiocarbonyl (C=S) groups is 1. The molecule has 0 spiro atoms. The fourth-order valence-corrected chi connectivity index (χ4v) is 2.05. The van der Waals surface area contributed by atoms with Crippen LogP contribution in [0.1, 0.15) is 5.56 Å². The summed E-state index contributed by atoms with van der Waals surface area (Å²) < 4.78 is 5.19. The van der Waals surface area contributed by atoms with Gasteiger partial charge in [-0.3, -0.25) is 0 Å². The van der Waals surface area contributed by atoms with E-state index in [1.165, 1.54) is 0 Å². The van der Waals surface area contributed by atoms with E-state index in [0.29, 0.717) is 29.6 Å². The summed E-state index contributed by atoms with van der Waals surface area (Å²) >= 11 is 4.99. The first-order valence-electron chi connectivity index (χ1n) is 6.76. The number of hydrogen-bond acceptors (Lipinski definition) is 5. The van der Waals surface area contributed by atoms with Crippen molar-refractivity contribution in [3.8, 4) is 11.8 Å². The minimum Gasteiger partial charge on any atom is -0.497 e. The minimum atomic E-state index is 0.497. The third-order valence-corrected chi connectivity index (χ3v) is 3.42. The summed E-state index contributed by atoms with van der Waals surface area (Å²) in [4.78, 5) is 4.49. The van der Waals surface area contributed by atoms with Crippen LogP contribution in [0.3, 0.4) is 0 Å². The molecule has 1 aromatic heterocycles. The third-order valence-electron chi connectivity index (χ3n) is 3.07. The van der Waals surface area contributed by atoms with Crippen molar-refractivity contribution >= 4 is 34.1 Å². The molecule has 6 nitrogen and oxygen atoms in total. The van der Waals surface area contributed by atoms with Crippen LogP contribution in [-0.4, -0.2) is 37.3 Å². The molecule has 0 amide bonds. The summed E-state index contributed by atoms with van der Waals surface area (Å²) in [5, 5.41) is 19.7. The van der Waals surface area contributed by atoms with Gasteiger partial charge < -0.3 is 20.7 Å². The number of benzene rings is 1. The Kier molecular flexibility index (Phi) is 5.33. The van der Waals surface area contributed by atoms with Crippen LogP contribution < -0.4 is 20.7 Å². The standard InChI is InChI=1S/C15H17N5OS/c1-17-15(22)19-6-5-18-14-11(9-16)7-10-8-12(21-2)3-4-13(10)20-14/h3-4,7-8H,5-6H2,1-2H3,(H,18,20)(H2,17,19,22). The SMILES string of the molecule is CNC(=S)NCCNc1nc2ccc(OC)cc2cc1C#N. The number of fused-ring (bicyclic) bond motifs is 1. The number of methoxy groups -OCH3 is 1. The van der Waals surface area contributed by atoms with Gasteiger partial charge in [0.15, 0.2) is 5.11 Å². The van der Waals surface area contributed by atoms with E-state index in [9.17, 15) is 5.26 Å². The first kappa shape index (κ1) is 15.8. The Morgan fingerprint density at radius 3 is 2.86 bits per heavy atom. The van der Waals surface area contributed by atoms with E-state index in [0.717, 1.165) is 16.7 Å². The number of anilines is 1. The zero-order chi connectivity index (χ0) is 15.9. The molecule has 0 aliphatic carbocycles. The Balaban J connectivity index is 2.15. The molecule has 0 atom stereocenters. The topological polar surface area (TPSA) is 82.0 Å². The average Bonchev–Trinajstić information content (AvgIpc) is 2.57. The summed E-state index contributed by atoms with van der Waals surface area (Å²) in [5.74, 6) is 1.31. The molecule has 0 aliphatic rings. The summed E-state index contributed by atoms with van der Waals surface area (Å²) in [5.41, 5.74) is 1.30. The van der Waals surface area contributed by atoms with Crippen molar-refractivity contribution in [1.29, 1.82) is 5.26 Å². The van der Waals surface area contributed by atoms with Gasteiger partial charge in [0.25, 0.3) is 0 Å². The number of nitrogens with zero attached hydrogens (tertiary/aromatic N) is 2. The minimum absolute atomic E-state index is 0.497. The Hall–Kier alpha value is -2.59. The van der Waals surface area contributed by atoms with Gasteiger partial charge >= 0.3 is 0 Å². The fraction of sp³-hybridized carbons (Fsp3) is 0.267. The van der Waals surface area contributed by atoms with Gasteiger partial charge in [-0.25, -0.2) is 4.98 Å². The molecule has 7 heteroatoms. The predicted octanol–water partition coefficient (Wildman–Crippen LogP) is 1.62. The summed E-state index contributed by atoms with van der Waals surface area (Å²) in [6, 6.07) is 9.54. The first-order valence-corrected chi connectivity index (χ1v) is 7.17. The van der Waals surface area contributed by atoms with E-state index in [4.69, 9.17) is 17.0 Å². The molecular weight excluding hydrogens is 298 g/mol. The maximum Gasteiger partial charge on any atom is 0.166 e. The van der Waals surface area contributed by atoms with Crippen molar-refractivity contribution in [3.05, 3.63) is 29.8 Å². The highest BCUT2D eigenvalue weighted by atomic mass is 32.1. The molecule has 0 radical (unpaired) electrons. The van der Waals surface area contributed by atoms with Gasteiger partial charge in [-0.05, 0) is 36.5 Å². The van der Waals surface area contributed by atoms with Crippen LogP contribution >= 0.6 is 12.2 Å². The van der Waals surface area contributed by atoms with Crippen LogP contribution in [0, 0.1) is 11.3 Å². The number of ether oxygens (including phenoxy) is 1. The Morgan fingerprint density at radius 1 is 1.36 bits per heavy atom. The van der Waals surface area contributed by atoms with Crippen molar-refractivity contribution in [2.45, 2.75) is 0 Å². The second kappa shape index (κ2) is 7.43. The van der Waals surface area contributed by atoms with Crippen molar-refractivity contribution in [3.63, 3.8) is 0 Å². The lowest BCUT2D eigenvalue weighted by atomic mass is 10.1. The van der Waals surface area contributed by atoms with E-state index in [-0.39, 0.29) is 0 Å². The predicted molar refractivity (Wildman–Crippen MR) is 91.2 cm³/mol. The molecule has 22 heavy (non-hydrogen) atoms. The number of rotatable bonds is 5. The molecule has 0 bridgehead atoms. The number of nitriles is 1. The maximum atomic E-state index is 9.28. The lowest BCUT2D eigenvalue weighted by Crippen LogP contribution is -2.35. The monoisotopic (exact) mass is 315 g/mol. The molecule has 2 aromatic rings. The van der Waals surface area contributed by atoms with E-state index in [1.807, 2.05) is 18.2 Å². The zero-order valence-corrected chi connectivity index (χ0v) is 13.3. The molecule has 0 saturated carbocycles. The Morgan fingerprint density at radius 2 is 2.18 bits per heavy atom. The molecule has 0 aliphatic heterocycles. The number of aromatic nitrogens is 1. The second-order valence-corrected chi connectivity index (χ2v) is 4.90. The molecule has 1 aromatic carbocycles. The van der Waals surface area contributed by atoms with Crippen LogP contribution in [-0.2, 0) is 0 Å². The van der Waals surface area contributed by atoms with Crippen molar-refractivity contribution in [2.75, 3.05) is 32.6 Å². The summed E-state index contributed by atoms with van der Waals surface area (Å²) in [6.07, 6.45) is 0. The van der Waals surface area contributed by atoms with E-state index < -0.39 is 0 Å². The number of nitrogens with one attached hydrogen (secondary N) is 3. The van der Waals surface area contributed by atoms with Gasteiger partial charge in [0.2, 0.25) is 0 Å². The molecular formula is C15H17N5OS. The van der Waals surface area contributed by atoms with E-state index in [2.05, 4.69) is 27.0 Å². The number of pyridine rings is 1. The first-order chi connectivity index (χ1) is 10.7. The van der Waals surface area contributed by atoms with Gasteiger partial charge in [0.1, 0.15) is 17.6 Å². The van der Waals surface area contributed by atoms with Gasteiger partial charge in [0.05, 0.1) is 18.2 Å². The van der Waals surface area contributed by atoms with Crippen molar-refractivity contribution in [2.24, 2.45) is 0 Å². The molecule has 0 saturated heterocycles. The van der Waals surface area contributed by atoms with Gasteiger partial charge in [-0.1, -0.05) is 0 Å². The lowest BCUT2D eigenvalue weighted by Gasteiger charge is -2.11. The van der Waals surface area contributed by atoms with E-state index >= 15 is 0 Å². The molecule has 1 heterocycles.